The van der Waals surface area contributed by atoms with Crippen molar-refractivity contribution in [3.8, 4) is 0 Å². The number of oxazole rings is 1. The van der Waals surface area contributed by atoms with E-state index in [0.717, 1.165) is 4.88 Å². The Kier molecular flexibility index (Phi) is 3.32. The molecule has 0 bridgehead atoms. The molecule has 17 heavy (non-hydrogen) atoms. The Morgan fingerprint density at radius 2 is 2.18 bits per heavy atom. The topological polar surface area (TPSA) is 72.2 Å². The van der Waals surface area contributed by atoms with Gasteiger partial charge in [-0.2, -0.15) is 0 Å². The minimum absolute atomic E-state index is 0.136. The molecule has 2 rings (SSSR count). The van der Waals surface area contributed by atoms with Crippen LogP contribution < -0.4 is 4.72 Å². The summed E-state index contributed by atoms with van der Waals surface area (Å²) in [6.45, 7) is 3.71. The van der Waals surface area contributed by atoms with Crippen molar-refractivity contribution in [2.75, 3.05) is 0 Å². The fourth-order valence-electron chi connectivity index (χ4n) is 1.29. The summed E-state index contributed by atoms with van der Waals surface area (Å²) in [6, 6.07) is 3.37. The van der Waals surface area contributed by atoms with E-state index in [0.29, 0.717) is 15.8 Å². The molecule has 0 unspecified atom stereocenters. The summed E-state index contributed by atoms with van der Waals surface area (Å²) < 4.78 is 31.5. The zero-order chi connectivity index (χ0) is 12.5. The molecule has 0 aromatic carbocycles. The van der Waals surface area contributed by atoms with Gasteiger partial charge in [0.2, 0.25) is 10.0 Å². The lowest BCUT2D eigenvalue weighted by molar-refractivity contribution is 0.520. The number of sulfonamides is 1. The average Bonchev–Trinajstić information content (AvgIpc) is 2.85. The molecule has 0 amide bonds. The van der Waals surface area contributed by atoms with Gasteiger partial charge in [0.25, 0.3) is 0 Å². The van der Waals surface area contributed by atoms with Crippen molar-refractivity contribution in [1.82, 2.24) is 9.71 Å². The van der Waals surface area contributed by atoms with Crippen molar-refractivity contribution in [3.63, 3.8) is 0 Å². The van der Waals surface area contributed by atoms with Gasteiger partial charge in [-0.3, -0.25) is 0 Å². The minimum atomic E-state index is -3.44. The number of hydrogen-bond donors (Lipinski definition) is 1. The van der Waals surface area contributed by atoms with Crippen LogP contribution in [0.4, 0.5) is 0 Å². The number of aryl methyl sites for hydroxylation is 2. The number of nitrogens with zero attached hydrogens (tertiary/aromatic N) is 1. The SMILES string of the molecule is Cc1nc(CNS(=O)(=O)c2ccc(C)s2)co1. The molecule has 2 aromatic rings. The number of rotatable bonds is 4. The van der Waals surface area contributed by atoms with Gasteiger partial charge in [0, 0.05) is 11.8 Å². The molecular formula is C10H12N2O3S2. The van der Waals surface area contributed by atoms with Crippen LogP contribution in [-0.2, 0) is 16.6 Å². The lowest BCUT2D eigenvalue weighted by atomic mass is 10.5. The second-order valence-corrected chi connectivity index (χ2v) is 6.83. The van der Waals surface area contributed by atoms with E-state index in [1.165, 1.54) is 17.6 Å². The second-order valence-electron chi connectivity index (χ2n) is 3.55. The molecule has 0 atom stereocenters. The van der Waals surface area contributed by atoms with Gasteiger partial charge < -0.3 is 4.42 Å². The summed E-state index contributed by atoms with van der Waals surface area (Å²) >= 11 is 1.24. The van der Waals surface area contributed by atoms with Gasteiger partial charge in [0.1, 0.15) is 10.5 Å². The van der Waals surface area contributed by atoms with Crippen LogP contribution in [0, 0.1) is 13.8 Å². The fraction of sp³-hybridized carbons (Fsp3) is 0.300. The highest BCUT2D eigenvalue weighted by molar-refractivity contribution is 7.91. The maximum Gasteiger partial charge on any atom is 0.250 e. The third kappa shape index (κ3) is 2.93. The van der Waals surface area contributed by atoms with Crippen molar-refractivity contribution in [2.45, 2.75) is 24.6 Å². The lowest BCUT2D eigenvalue weighted by Crippen LogP contribution is -2.22. The summed E-state index contributed by atoms with van der Waals surface area (Å²) in [5.41, 5.74) is 0.569. The van der Waals surface area contributed by atoms with Crippen molar-refractivity contribution < 1.29 is 12.8 Å². The van der Waals surface area contributed by atoms with Crippen LogP contribution >= 0.6 is 11.3 Å². The van der Waals surface area contributed by atoms with Crippen LogP contribution in [0.15, 0.2) is 27.0 Å². The molecule has 0 fully saturated rings. The van der Waals surface area contributed by atoms with E-state index in [1.807, 2.05) is 6.92 Å². The van der Waals surface area contributed by atoms with Crippen molar-refractivity contribution >= 4 is 21.4 Å². The van der Waals surface area contributed by atoms with Crippen LogP contribution in [0.25, 0.3) is 0 Å². The van der Waals surface area contributed by atoms with Crippen molar-refractivity contribution in [2.24, 2.45) is 0 Å². The Morgan fingerprint density at radius 3 is 2.71 bits per heavy atom. The van der Waals surface area contributed by atoms with Crippen LogP contribution in [0.1, 0.15) is 16.5 Å². The molecule has 5 nitrogen and oxygen atoms in total. The van der Waals surface area contributed by atoms with Crippen LogP contribution in [0.3, 0.4) is 0 Å². The maximum atomic E-state index is 11.9. The molecule has 0 aliphatic heterocycles. The van der Waals surface area contributed by atoms with Gasteiger partial charge in [0.15, 0.2) is 5.89 Å². The highest BCUT2D eigenvalue weighted by atomic mass is 32.2. The first kappa shape index (κ1) is 12.3. The molecule has 0 aliphatic rings. The van der Waals surface area contributed by atoms with E-state index >= 15 is 0 Å². The van der Waals surface area contributed by atoms with Crippen molar-refractivity contribution in [1.29, 1.82) is 0 Å². The third-order valence-electron chi connectivity index (χ3n) is 2.09. The van der Waals surface area contributed by atoms with E-state index in [-0.39, 0.29) is 6.54 Å². The van der Waals surface area contributed by atoms with Gasteiger partial charge in [-0.15, -0.1) is 11.3 Å². The molecule has 0 aliphatic carbocycles. The van der Waals surface area contributed by atoms with E-state index in [2.05, 4.69) is 9.71 Å². The van der Waals surface area contributed by atoms with Gasteiger partial charge in [0.05, 0.1) is 12.2 Å². The largest absolute Gasteiger partial charge is 0.449 e. The third-order valence-corrected chi connectivity index (χ3v) is 4.98. The average molecular weight is 272 g/mol. The highest BCUT2D eigenvalue weighted by Gasteiger charge is 2.16. The van der Waals surface area contributed by atoms with Gasteiger partial charge in [-0.25, -0.2) is 18.1 Å². The van der Waals surface area contributed by atoms with Crippen molar-refractivity contribution in [3.05, 3.63) is 34.9 Å². The molecular weight excluding hydrogens is 260 g/mol. The quantitative estimate of drug-likeness (QED) is 0.921. The minimum Gasteiger partial charge on any atom is -0.449 e. The van der Waals surface area contributed by atoms with Gasteiger partial charge in [-0.05, 0) is 19.1 Å². The number of aromatic nitrogens is 1. The standard InChI is InChI=1S/C10H12N2O3S2/c1-7-3-4-10(16-7)17(13,14)11-5-9-6-15-8(2)12-9/h3-4,6,11H,5H2,1-2H3. The fourth-order valence-corrected chi connectivity index (χ4v) is 3.61. The summed E-state index contributed by atoms with van der Waals surface area (Å²) in [4.78, 5) is 4.98. The Balaban J connectivity index is 2.08. The zero-order valence-electron chi connectivity index (χ0n) is 9.43. The number of thiophene rings is 1. The van der Waals surface area contributed by atoms with Crippen LogP contribution in [0.5, 0.6) is 0 Å². The predicted molar refractivity (Wildman–Crippen MR) is 64.3 cm³/mol. The molecule has 2 heterocycles. The second kappa shape index (κ2) is 4.59. The normalized spacial score (nSPS) is 11.9. The molecule has 92 valence electrons. The zero-order valence-corrected chi connectivity index (χ0v) is 11.1. The van der Waals surface area contributed by atoms with Crippen LogP contribution in [0.2, 0.25) is 0 Å². The van der Waals surface area contributed by atoms with Gasteiger partial charge in [-0.1, -0.05) is 0 Å². The summed E-state index contributed by atoms with van der Waals surface area (Å²) in [7, 11) is -3.44. The molecule has 0 spiro atoms. The summed E-state index contributed by atoms with van der Waals surface area (Å²) in [5.74, 6) is 0.520. The summed E-state index contributed by atoms with van der Waals surface area (Å²) in [6.07, 6.45) is 1.44. The lowest BCUT2D eigenvalue weighted by Gasteiger charge is -2.01. The highest BCUT2D eigenvalue weighted by Crippen LogP contribution is 2.20. The number of hydrogen-bond acceptors (Lipinski definition) is 5. The first-order valence-corrected chi connectivity index (χ1v) is 7.24. The first-order chi connectivity index (χ1) is 7.97. The van der Waals surface area contributed by atoms with Crippen LogP contribution in [-0.4, -0.2) is 13.4 Å². The Hall–Kier alpha value is -1.18. The van der Waals surface area contributed by atoms with Gasteiger partial charge >= 0.3 is 0 Å². The first-order valence-electron chi connectivity index (χ1n) is 4.94. The van der Waals surface area contributed by atoms with E-state index < -0.39 is 10.0 Å². The Morgan fingerprint density at radius 1 is 1.41 bits per heavy atom. The van der Waals surface area contributed by atoms with E-state index in [9.17, 15) is 8.42 Å². The molecule has 7 heteroatoms. The van der Waals surface area contributed by atoms with E-state index in [1.54, 1.807) is 19.1 Å². The monoisotopic (exact) mass is 272 g/mol. The number of nitrogens with one attached hydrogen (secondary N) is 1. The van der Waals surface area contributed by atoms with E-state index in [4.69, 9.17) is 4.42 Å². The maximum absolute atomic E-state index is 11.9. The Bertz CT molecular complexity index is 613. The summed E-state index contributed by atoms with van der Waals surface area (Å²) in [5, 5.41) is 0. The predicted octanol–water partition coefficient (Wildman–Crippen LogP) is 1.83. The Labute approximate surface area is 104 Å². The molecule has 0 saturated carbocycles. The smallest absolute Gasteiger partial charge is 0.250 e. The molecule has 0 saturated heterocycles. The molecule has 1 N–H and O–H groups in total. The molecule has 2 aromatic heterocycles. The molecule has 0 radical (unpaired) electrons.